The third kappa shape index (κ3) is 6.26. The van der Waals surface area contributed by atoms with Gasteiger partial charge in [-0.05, 0) is 75.8 Å². The molecule has 290 valence electrons. The molecule has 62 heavy (non-hydrogen) atoms. The lowest BCUT2D eigenvalue weighted by atomic mass is 9.98. The Bertz CT molecular complexity index is 4300. The number of thiophene rings is 1. The summed E-state index contributed by atoms with van der Waals surface area (Å²) in [6, 6.07) is 39.5. The van der Waals surface area contributed by atoms with Gasteiger partial charge in [0, 0.05) is 47.6 Å². The van der Waals surface area contributed by atoms with Gasteiger partial charge in [0.05, 0.1) is 33.2 Å². The Balaban J connectivity index is 1.19. The van der Waals surface area contributed by atoms with E-state index >= 15 is 0 Å². The molecular weight excluding hydrogens is 773 g/mol. The van der Waals surface area contributed by atoms with Crippen molar-refractivity contribution in [1.82, 2.24) is 19.5 Å². The molecule has 3 heterocycles. The fourth-order valence-electron chi connectivity index (χ4n) is 8.03. The Hall–Kier alpha value is -7.99. The van der Waals surface area contributed by atoms with Crippen molar-refractivity contribution in [2.45, 2.75) is 0 Å². The van der Waals surface area contributed by atoms with Crippen molar-refractivity contribution in [3.8, 4) is 73.2 Å². The maximum atomic E-state index is 9.84. The molecule has 0 radical (unpaired) electrons. The van der Waals surface area contributed by atoms with Gasteiger partial charge in [0.2, 0.25) is 0 Å². The average molecular weight is 821 g/mol. The molecule has 0 aliphatic rings. The fourth-order valence-corrected chi connectivity index (χ4v) is 9.18. The van der Waals surface area contributed by atoms with Gasteiger partial charge < -0.3 is 4.57 Å². The Labute approximate surface area is 379 Å². The summed E-state index contributed by atoms with van der Waals surface area (Å²) in [5, 5.41) is 1.86. The second-order valence-corrected chi connectivity index (χ2v) is 15.8. The van der Waals surface area contributed by atoms with Gasteiger partial charge in [0.1, 0.15) is 0 Å². The van der Waals surface area contributed by atoms with Gasteiger partial charge in [0.25, 0.3) is 0 Å². The van der Waals surface area contributed by atoms with E-state index in [4.69, 9.17) is 24.5 Å². The Morgan fingerprint density at radius 3 is 1.77 bits per heavy atom. The number of rotatable bonds is 7. The first-order valence-electron chi connectivity index (χ1n) is 25.9. The molecule has 5 heteroatoms. The molecule has 0 saturated heterocycles. The minimum absolute atomic E-state index is 0.129. The van der Waals surface area contributed by atoms with Gasteiger partial charge in [-0.15, -0.1) is 11.3 Å². The van der Waals surface area contributed by atoms with Crippen molar-refractivity contribution in [2.75, 3.05) is 0 Å². The highest BCUT2D eigenvalue weighted by Crippen LogP contribution is 2.41. The van der Waals surface area contributed by atoms with E-state index < -0.39 is 83.6 Å². The molecule has 0 N–H and O–H groups in total. The third-order valence-corrected chi connectivity index (χ3v) is 12.2. The summed E-state index contributed by atoms with van der Waals surface area (Å²) in [5.74, 6) is 0.848. The second-order valence-electron chi connectivity index (χ2n) is 14.7. The van der Waals surface area contributed by atoms with Crippen molar-refractivity contribution >= 4 is 53.3 Å². The minimum Gasteiger partial charge on any atom is -0.308 e. The van der Waals surface area contributed by atoms with Gasteiger partial charge in [-0.25, -0.2) is 15.0 Å². The van der Waals surface area contributed by atoms with E-state index in [1.54, 1.807) is 23.5 Å². The first kappa shape index (κ1) is 25.6. The van der Waals surface area contributed by atoms with Crippen LogP contribution in [0.1, 0.15) is 16.4 Å². The van der Waals surface area contributed by atoms with Crippen LogP contribution in [0, 0.1) is 0 Å². The smallest absolute Gasteiger partial charge is 0.166 e. The van der Waals surface area contributed by atoms with Gasteiger partial charge in [-0.2, -0.15) is 0 Å². The Morgan fingerprint density at radius 1 is 0.371 bits per heavy atom. The monoisotopic (exact) mass is 820 g/mol. The number of nitrogens with zero attached hydrogens (tertiary/aromatic N) is 4. The molecule has 0 amide bonds. The first-order valence-corrected chi connectivity index (χ1v) is 20.7. The zero-order chi connectivity index (χ0) is 51.4. The lowest BCUT2D eigenvalue weighted by Crippen LogP contribution is -2.04. The summed E-state index contributed by atoms with van der Waals surface area (Å²) in [6.45, 7) is 0. The molecule has 0 atom stereocenters. The quantitative estimate of drug-likeness (QED) is 0.161. The van der Waals surface area contributed by atoms with E-state index in [9.17, 15) is 6.85 Å². The van der Waals surface area contributed by atoms with Crippen molar-refractivity contribution < 1.29 is 16.4 Å². The number of para-hydroxylation sites is 1. The largest absolute Gasteiger partial charge is 0.308 e. The summed E-state index contributed by atoms with van der Waals surface area (Å²) in [6.07, 6.45) is 0. The van der Waals surface area contributed by atoms with Crippen molar-refractivity contribution in [3.63, 3.8) is 0 Å². The molecule has 0 fully saturated rings. The van der Waals surface area contributed by atoms with E-state index in [0.717, 1.165) is 36.9 Å². The van der Waals surface area contributed by atoms with Crippen molar-refractivity contribution in [1.29, 1.82) is 0 Å². The number of aromatic nitrogens is 4. The van der Waals surface area contributed by atoms with E-state index in [0.29, 0.717) is 33.9 Å². The van der Waals surface area contributed by atoms with Gasteiger partial charge >= 0.3 is 0 Å². The lowest BCUT2D eigenvalue weighted by molar-refractivity contribution is 1.07. The Morgan fingerprint density at radius 2 is 0.968 bits per heavy atom. The molecular formula is C57H36N4S. The van der Waals surface area contributed by atoms with E-state index in [1.807, 2.05) is 115 Å². The minimum atomic E-state index is -0.704. The van der Waals surface area contributed by atoms with Crippen molar-refractivity contribution in [2.24, 2.45) is 0 Å². The predicted molar refractivity (Wildman–Crippen MR) is 260 cm³/mol. The molecule has 3 aromatic heterocycles. The summed E-state index contributed by atoms with van der Waals surface area (Å²) < 4.78 is 113. The van der Waals surface area contributed by atoms with Crippen LogP contribution in [-0.4, -0.2) is 19.5 Å². The van der Waals surface area contributed by atoms with Crippen LogP contribution in [0.3, 0.4) is 0 Å². The molecule has 9 aromatic carbocycles. The Kier molecular flexibility index (Phi) is 6.16. The molecule has 0 spiro atoms. The van der Waals surface area contributed by atoms with Crippen LogP contribution >= 0.6 is 11.3 Å². The highest BCUT2D eigenvalue weighted by molar-refractivity contribution is 7.25. The fraction of sp³-hybridized carbons (Fsp3) is 0. The SMILES string of the molecule is [2H]c1c([2H])c([2H])c(-c2c([2H])c([2H])c3c(c2[2H])c2c([2H])c([2H])c([2H])c([2H])c2n3-c2cc(-c3ccc(-c4ccccc4)cc3)ccc2-c2nc(-c3ccccc3)nc(-c3ccc4c(c3)sc3ccccc34)n2)c([2H])c1[2H]. The number of hydrogen-bond donors (Lipinski definition) is 0. The van der Waals surface area contributed by atoms with E-state index in [2.05, 4.69) is 18.2 Å². The summed E-state index contributed by atoms with van der Waals surface area (Å²) >= 11 is 1.65. The topological polar surface area (TPSA) is 43.6 Å². The first-order chi connectivity index (χ1) is 35.7. The zero-order valence-corrected chi connectivity index (χ0v) is 33.4. The van der Waals surface area contributed by atoms with Crippen LogP contribution in [0.25, 0.3) is 115 Å². The number of hydrogen-bond acceptors (Lipinski definition) is 4. The normalized spacial score (nSPS) is 14.3. The van der Waals surface area contributed by atoms with Gasteiger partial charge in [0.15, 0.2) is 17.5 Å². The predicted octanol–water partition coefficient (Wildman–Crippen LogP) is 15.3. The number of fused-ring (bicyclic) bond motifs is 6. The van der Waals surface area contributed by atoms with E-state index in [1.165, 1.54) is 4.57 Å². The van der Waals surface area contributed by atoms with E-state index in [-0.39, 0.29) is 33.3 Å². The molecule has 0 unspecified atom stereocenters. The average Bonchev–Trinajstić information content (AvgIpc) is 4.00. The van der Waals surface area contributed by atoms with Crippen molar-refractivity contribution in [3.05, 3.63) is 218 Å². The zero-order valence-electron chi connectivity index (χ0n) is 44.6. The van der Waals surface area contributed by atoms with Gasteiger partial charge in [-0.3, -0.25) is 0 Å². The summed E-state index contributed by atoms with van der Waals surface area (Å²) in [5.41, 5.74) is 4.19. The second kappa shape index (κ2) is 14.9. The highest BCUT2D eigenvalue weighted by atomic mass is 32.1. The van der Waals surface area contributed by atoms with Crippen LogP contribution in [-0.2, 0) is 0 Å². The lowest BCUT2D eigenvalue weighted by Gasteiger charge is -2.17. The van der Waals surface area contributed by atoms with Crippen LogP contribution in [0.4, 0.5) is 0 Å². The molecule has 0 bridgehead atoms. The van der Waals surface area contributed by atoms with Crippen LogP contribution in [0.2, 0.25) is 0 Å². The van der Waals surface area contributed by atoms with Crippen LogP contribution in [0.5, 0.6) is 0 Å². The molecule has 0 aliphatic heterocycles. The molecule has 0 aliphatic carbocycles. The maximum Gasteiger partial charge on any atom is 0.166 e. The highest BCUT2D eigenvalue weighted by Gasteiger charge is 2.21. The molecule has 4 nitrogen and oxygen atoms in total. The molecule has 12 rings (SSSR count). The summed E-state index contributed by atoms with van der Waals surface area (Å²) in [7, 11) is 0. The summed E-state index contributed by atoms with van der Waals surface area (Å²) in [4.78, 5) is 15.3. The number of benzene rings is 9. The third-order valence-electron chi connectivity index (χ3n) is 11.0. The van der Waals surface area contributed by atoms with Crippen LogP contribution in [0.15, 0.2) is 218 Å². The van der Waals surface area contributed by atoms with Crippen LogP contribution < -0.4 is 0 Å². The maximum absolute atomic E-state index is 9.84. The van der Waals surface area contributed by atoms with Gasteiger partial charge in [-0.1, -0.05) is 176 Å². The molecule has 0 saturated carbocycles. The standard InChI is InChI=1S/C57H36N4S/c1-4-14-37(15-5-1)39-24-26-40(27-25-39)43-28-32-48(52(35-43)61-50-22-12-10-20-45(50)49-34-42(30-33-51(49)61)38-16-6-2-7-17-38)57-59-55(41-18-8-3-9-19-41)58-56(60-57)44-29-31-47-46-21-11-13-23-53(46)62-54(47)36-44/h1-36H/i2D,6D,7D,10D,12D,16D,17D,20D,22D,30D,33D,34D. The molecule has 12 aromatic rings.